The van der Waals surface area contributed by atoms with Crippen LogP contribution in [0.2, 0.25) is 0 Å². The van der Waals surface area contributed by atoms with Gasteiger partial charge in [0.15, 0.2) is 0 Å². The van der Waals surface area contributed by atoms with Gasteiger partial charge >= 0.3 is 6.09 Å². The van der Waals surface area contributed by atoms with Crippen LogP contribution in [0.25, 0.3) is 5.57 Å². The van der Waals surface area contributed by atoms with Crippen molar-refractivity contribution in [2.45, 2.75) is 45.6 Å². The number of ether oxygens (including phenoxy) is 2. The summed E-state index contributed by atoms with van der Waals surface area (Å²) in [5, 5.41) is 0. The minimum Gasteiger partial charge on any atom is -0.473 e. The molecule has 3 rings (SSSR count). The standard InChI is InChI=1S/C22H28N2O3/c1-22(2,3)27-21(25)24-14-12-18(13-15-24)19-10-7-11-20(23-19)26-16-17-8-5-4-6-9-17/h5,7-12H,4,6,13-16H2,1-3H3. The molecular formula is C22H28N2O3. The van der Waals surface area contributed by atoms with Crippen molar-refractivity contribution in [1.82, 2.24) is 9.88 Å². The number of pyridine rings is 1. The summed E-state index contributed by atoms with van der Waals surface area (Å²) in [7, 11) is 0. The summed E-state index contributed by atoms with van der Waals surface area (Å²) in [6, 6.07) is 5.83. The topological polar surface area (TPSA) is 51.7 Å². The number of amides is 1. The maximum absolute atomic E-state index is 12.2. The van der Waals surface area contributed by atoms with Gasteiger partial charge in [0.05, 0.1) is 5.69 Å². The van der Waals surface area contributed by atoms with E-state index in [9.17, 15) is 4.79 Å². The first-order valence-electron chi connectivity index (χ1n) is 9.53. The second-order valence-electron chi connectivity index (χ2n) is 7.81. The predicted octanol–water partition coefficient (Wildman–Crippen LogP) is 4.76. The van der Waals surface area contributed by atoms with E-state index in [-0.39, 0.29) is 6.09 Å². The maximum Gasteiger partial charge on any atom is 0.410 e. The molecular weight excluding hydrogens is 340 g/mol. The van der Waals surface area contributed by atoms with Gasteiger partial charge in [0.2, 0.25) is 5.88 Å². The second-order valence-corrected chi connectivity index (χ2v) is 7.81. The molecule has 5 heteroatoms. The Hall–Kier alpha value is -2.56. The number of aromatic nitrogens is 1. The average molecular weight is 368 g/mol. The highest BCUT2D eigenvalue weighted by molar-refractivity contribution is 5.72. The van der Waals surface area contributed by atoms with Gasteiger partial charge in [0.1, 0.15) is 12.2 Å². The summed E-state index contributed by atoms with van der Waals surface area (Å²) in [4.78, 5) is 18.5. The van der Waals surface area contributed by atoms with Crippen molar-refractivity contribution in [3.8, 4) is 5.88 Å². The molecule has 0 spiro atoms. The van der Waals surface area contributed by atoms with Gasteiger partial charge in [0.25, 0.3) is 0 Å². The van der Waals surface area contributed by atoms with Gasteiger partial charge < -0.3 is 14.4 Å². The lowest BCUT2D eigenvalue weighted by Gasteiger charge is -2.29. The van der Waals surface area contributed by atoms with Gasteiger partial charge in [-0.25, -0.2) is 9.78 Å². The summed E-state index contributed by atoms with van der Waals surface area (Å²) in [6.45, 7) is 7.35. The smallest absolute Gasteiger partial charge is 0.410 e. The van der Waals surface area contributed by atoms with E-state index in [1.165, 1.54) is 5.57 Å². The fraction of sp³-hybridized carbons (Fsp3) is 0.455. The minimum absolute atomic E-state index is 0.267. The Morgan fingerprint density at radius 3 is 2.74 bits per heavy atom. The molecule has 1 amide bonds. The summed E-state index contributed by atoms with van der Waals surface area (Å²) >= 11 is 0. The van der Waals surface area contributed by atoms with Crippen LogP contribution in [0.1, 0.15) is 45.7 Å². The van der Waals surface area contributed by atoms with E-state index in [4.69, 9.17) is 9.47 Å². The van der Waals surface area contributed by atoms with E-state index in [1.807, 2.05) is 45.0 Å². The van der Waals surface area contributed by atoms with E-state index in [1.54, 1.807) is 4.90 Å². The second kappa shape index (κ2) is 8.42. The highest BCUT2D eigenvalue weighted by atomic mass is 16.6. The molecule has 1 aromatic rings. The van der Waals surface area contributed by atoms with E-state index in [0.717, 1.165) is 30.5 Å². The monoisotopic (exact) mass is 368 g/mol. The first-order valence-corrected chi connectivity index (χ1v) is 9.53. The van der Waals surface area contributed by atoms with Gasteiger partial charge in [-0.1, -0.05) is 30.4 Å². The Morgan fingerprint density at radius 1 is 1.22 bits per heavy atom. The number of carbonyl (C=O) groups excluding carboxylic acids is 1. The first kappa shape index (κ1) is 19.2. The number of hydrogen-bond donors (Lipinski definition) is 0. The zero-order valence-corrected chi connectivity index (χ0v) is 16.4. The lowest BCUT2D eigenvalue weighted by Crippen LogP contribution is -2.39. The molecule has 0 unspecified atom stereocenters. The third-order valence-corrected chi connectivity index (χ3v) is 4.37. The Morgan fingerprint density at radius 2 is 2.07 bits per heavy atom. The molecule has 1 aliphatic heterocycles. The van der Waals surface area contributed by atoms with Crippen LogP contribution in [-0.4, -0.2) is 41.3 Å². The van der Waals surface area contributed by atoms with Gasteiger partial charge in [-0.3, -0.25) is 0 Å². The highest BCUT2D eigenvalue weighted by Crippen LogP contribution is 2.24. The molecule has 2 heterocycles. The molecule has 144 valence electrons. The van der Waals surface area contributed by atoms with E-state index >= 15 is 0 Å². The zero-order chi connectivity index (χ0) is 19.3. The summed E-state index contributed by atoms with van der Waals surface area (Å²) in [6.07, 6.45) is 11.2. The van der Waals surface area contributed by atoms with Crippen LogP contribution in [0, 0.1) is 0 Å². The molecule has 1 aromatic heterocycles. The van der Waals surface area contributed by atoms with Gasteiger partial charge in [-0.2, -0.15) is 0 Å². The molecule has 27 heavy (non-hydrogen) atoms. The van der Waals surface area contributed by atoms with Crippen molar-refractivity contribution in [1.29, 1.82) is 0 Å². The van der Waals surface area contributed by atoms with Gasteiger partial charge in [-0.05, 0) is 57.2 Å². The van der Waals surface area contributed by atoms with Crippen LogP contribution in [0.3, 0.4) is 0 Å². The van der Waals surface area contributed by atoms with Crippen LogP contribution in [0.15, 0.2) is 48.1 Å². The Bertz CT molecular complexity index is 772. The number of carbonyl (C=O) groups is 1. The van der Waals surface area contributed by atoms with Gasteiger partial charge in [0, 0.05) is 19.2 Å². The molecule has 0 bridgehead atoms. The van der Waals surface area contributed by atoms with Crippen molar-refractivity contribution in [2.75, 3.05) is 19.7 Å². The van der Waals surface area contributed by atoms with Crippen LogP contribution in [0.5, 0.6) is 5.88 Å². The summed E-state index contributed by atoms with van der Waals surface area (Å²) in [5.74, 6) is 0.628. The number of nitrogens with zero attached hydrogens (tertiary/aromatic N) is 2. The van der Waals surface area contributed by atoms with Crippen LogP contribution in [0.4, 0.5) is 4.79 Å². The summed E-state index contributed by atoms with van der Waals surface area (Å²) in [5.41, 5.74) is 2.76. The molecule has 0 saturated heterocycles. The van der Waals surface area contributed by atoms with E-state index in [0.29, 0.717) is 25.6 Å². The molecule has 2 aliphatic rings. The molecule has 0 saturated carbocycles. The van der Waals surface area contributed by atoms with Gasteiger partial charge in [-0.15, -0.1) is 0 Å². The zero-order valence-electron chi connectivity index (χ0n) is 16.4. The lowest BCUT2D eigenvalue weighted by atomic mass is 10.0. The fourth-order valence-corrected chi connectivity index (χ4v) is 3.00. The van der Waals surface area contributed by atoms with Crippen LogP contribution >= 0.6 is 0 Å². The Kier molecular flexibility index (Phi) is 5.99. The molecule has 5 nitrogen and oxygen atoms in total. The first-order chi connectivity index (χ1) is 12.9. The third kappa shape index (κ3) is 5.71. The fourth-order valence-electron chi connectivity index (χ4n) is 3.00. The number of hydrogen-bond acceptors (Lipinski definition) is 4. The van der Waals surface area contributed by atoms with Crippen molar-refractivity contribution < 1.29 is 14.3 Å². The van der Waals surface area contributed by atoms with Crippen molar-refractivity contribution in [3.05, 3.63) is 53.8 Å². The third-order valence-electron chi connectivity index (χ3n) is 4.37. The Labute approximate surface area is 161 Å². The molecule has 0 atom stereocenters. The summed E-state index contributed by atoms with van der Waals surface area (Å²) < 4.78 is 11.3. The normalized spacial score (nSPS) is 17.2. The molecule has 0 radical (unpaired) electrons. The highest BCUT2D eigenvalue weighted by Gasteiger charge is 2.24. The SMILES string of the molecule is CC(C)(C)OC(=O)N1CC=C(c2cccc(OCC3=CCCC=C3)n2)CC1. The molecule has 0 aromatic carbocycles. The average Bonchev–Trinajstić information content (AvgIpc) is 2.66. The van der Waals surface area contributed by atoms with Crippen molar-refractivity contribution in [3.63, 3.8) is 0 Å². The quantitative estimate of drug-likeness (QED) is 0.769. The molecule has 0 fully saturated rings. The van der Waals surface area contributed by atoms with Crippen molar-refractivity contribution >= 4 is 11.7 Å². The molecule has 1 aliphatic carbocycles. The van der Waals surface area contributed by atoms with Crippen molar-refractivity contribution in [2.24, 2.45) is 0 Å². The number of rotatable bonds is 4. The van der Waals surface area contributed by atoms with E-state index in [2.05, 4.69) is 23.2 Å². The minimum atomic E-state index is -0.475. The van der Waals surface area contributed by atoms with E-state index < -0.39 is 5.60 Å². The predicted molar refractivity (Wildman–Crippen MR) is 107 cm³/mol. The molecule has 0 N–H and O–H groups in total. The van der Waals surface area contributed by atoms with Crippen LogP contribution < -0.4 is 4.74 Å². The number of allylic oxidation sites excluding steroid dienone is 2. The van der Waals surface area contributed by atoms with Crippen LogP contribution in [-0.2, 0) is 4.74 Å². The Balaban J connectivity index is 1.59. The largest absolute Gasteiger partial charge is 0.473 e. The lowest BCUT2D eigenvalue weighted by molar-refractivity contribution is 0.0270. The maximum atomic E-state index is 12.2.